The van der Waals surface area contributed by atoms with E-state index in [4.69, 9.17) is 9.47 Å². The first-order valence-electron chi connectivity index (χ1n) is 9.62. The van der Waals surface area contributed by atoms with E-state index in [1.54, 1.807) is 14.2 Å². The van der Waals surface area contributed by atoms with Crippen LogP contribution in [0.1, 0.15) is 24.0 Å². The van der Waals surface area contributed by atoms with Gasteiger partial charge in [-0.1, -0.05) is 12.1 Å². The summed E-state index contributed by atoms with van der Waals surface area (Å²) in [5.74, 6) is 1.89. The van der Waals surface area contributed by atoms with E-state index in [-0.39, 0.29) is 12.0 Å². The molecule has 1 atom stereocenters. The number of amides is 1. The molecule has 0 aromatic heterocycles. The van der Waals surface area contributed by atoms with Gasteiger partial charge in [-0.05, 0) is 37.0 Å². The van der Waals surface area contributed by atoms with Crippen molar-refractivity contribution < 1.29 is 14.3 Å². The summed E-state index contributed by atoms with van der Waals surface area (Å²) >= 11 is 0. The van der Waals surface area contributed by atoms with Gasteiger partial charge in [-0.25, -0.2) is 0 Å². The lowest BCUT2D eigenvalue weighted by Gasteiger charge is -2.37. The summed E-state index contributed by atoms with van der Waals surface area (Å²) in [5.41, 5.74) is 2.27. The number of guanidine groups is 1. The normalized spacial score (nSPS) is 20.7. The minimum Gasteiger partial charge on any atom is -0.496 e. The van der Waals surface area contributed by atoms with Gasteiger partial charge in [0.05, 0.1) is 7.11 Å². The van der Waals surface area contributed by atoms with Crippen LogP contribution in [0.3, 0.4) is 0 Å². The van der Waals surface area contributed by atoms with Gasteiger partial charge in [0.15, 0.2) is 5.96 Å². The Balaban J connectivity index is 1.51. The van der Waals surface area contributed by atoms with Crippen LogP contribution in [-0.2, 0) is 16.1 Å². The van der Waals surface area contributed by atoms with E-state index in [0.717, 1.165) is 48.8 Å². The number of hydrogen-bond donors (Lipinski definition) is 1. The molecule has 2 fully saturated rings. The fourth-order valence-corrected chi connectivity index (χ4v) is 3.60. The van der Waals surface area contributed by atoms with Crippen molar-refractivity contribution in [1.29, 1.82) is 0 Å². The van der Waals surface area contributed by atoms with Gasteiger partial charge in [0.25, 0.3) is 5.91 Å². The van der Waals surface area contributed by atoms with Crippen LogP contribution >= 0.6 is 0 Å². The first kappa shape index (κ1) is 19.5. The zero-order valence-corrected chi connectivity index (χ0v) is 16.5. The summed E-state index contributed by atoms with van der Waals surface area (Å²) < 4.78 is 10.9. The van der Waals surface area contributed by atoms with Gasteiger partial charge in [0.1, 0.15) is 11.9 Å². The van der Waals surface area contributed by atoms with Crippen molar-refractivity contribution in [2.24, 2.45) is 4.99 Å². The van der Waals surface area contributed by atoms with Gasteiger partial charge in [-0.2, -0.15) is 0 Å². The molecule has 0 radical (unpaired) electrons. The Labute approximate surface area is 161 Å². The number of carbonyl (C=O) groups is 1. The van der Waals surface area contributed by atoms with Crippen molar-refractivity contribution in [3.05, 3.63) is 29.3 Å². The Hall–Kier alpha value is -2.28. The third-order valence-electron chi connectivity index (χ3n) is 5.23. The molecule has 2 saturated heterocycles. The van der Waals surface area contributed by atoms with Crippen LogP contribution < -0.4 is 10.1 Å². The van der Waals surface area contributed by atoms with Crippen LogP contribution in [0.25, 0.3) is 0 Å². The molecule has 148 valence electrons. The quantitative estimate of drug-likeness (QED) is 0.638. The van der Waals surface area contributed by atoms with Crippen molar-refractivity contribution in [2.45, 2.75) is 32.4 Å². The monoisotopic (exact) mass is 374 g/mol. The van der Waals surface area contributed by atoms with Crippen LogP contribution in [0, 0.1) is 6.92 Å². The molecule has 3 rings (SSSR count). The predicted octanol–water partition coefficient (Wildman–Crippen LogP) is 1.40. The second-order valence-electron chi connectivity index (χ2n) is 7.02. The SMILES string of the molecule is CN=C(NCc1ccc(C)c(OC)c1)N1CCN(C(=O)C2CCCO2)CC1. The average Bonchev–Trinajstić information content (AvgIpc) is 3.24. The van der Waals surface area contributed by atoms with Gasteiger partial charge in [0.2, 0.25) is 0 Å². The lowest BCUT2D eigenvalue weighted by atomic mass is 10.1. The fraction of sp³-hybridized carbons (Fsp3) is 0.600. The molecule has 1 aromatic carbocycles. The molecular weight excluding hydrogens is 344 g/mol. The summed E-state index contributed by atoms with van der Waals surface area (Å²) in [5, 5.41) is 3.42. The Kier molecular flexibility index (Phi) is 6.55. The third kappa shape index (κ3) is 4.71. The molecule has 0 bridgehead atoms. The number of ether oxygens (including phenoxy) is 2. The van der Waals surface area contributed by atoms with Crippen molar-refractivity contribution in [3.8, 4) is 5.75 Å². The van der Waals surface area contributed by atoms with E-state index in [1.807, 2.05) is 17.9 Å². The molecule has 2 heterocycles. The standard InChI is InChI=1S/C20H30N4O3/c1-15-6-7-16(13-18(15)26-3)14-22-20(21-2)24-10-8-23(9-11-24)19(25)17-5-4-12-27-17/h6-7,13,17H,4-5,8-12,14H2,1-3H3,(H,21,22). The summed E-state index contributed by atoms with van der Waals surface area (Å²) in [6.45, 7) is 6.38. The zero-order valence-electron chi connectivity index (χ0n) is 16.5. The summed E-state index contributed by atoms with van der Waals surface area (Å²) in [6, 6.07) is 6.21. The van der Waals surface area contributed by atoms with Crippen molar-refractivity contribution in [3.63, 3.8) is 0 Å². The molecular formula is C20H30N4O3. The number of aryl methyl sites for hydroxylation is 1. The van der Waals surface area contributed by atoms with E-state index in [0.29, 0.717) is 26.2 Å². The maximum absolute atomic E-state index is 12.5. The van der Waals surface area contributed by atoms with Crippen molar-refractivity contribution in [1.82, 2.24) is 15.1 Å². The Bertz CT molecular complexity index is 678. The molecule has 1 unspecified atom stereocenters. The maximum atomic E-state index is 12.5. The zero-order chi connectivity index (χ0) is 19.2. The number of nitrogens with zero attached hydrogens (tertiary/aromatic N) is 3. The van der Waals surface area contributed by atoms with Gasteiger partial charge in [0, 0.05) is 46.4 Å². The molecule has 1 aromatic rings. The Morgan fingerprint density at radius 3 is 2.67 bits per heavy atom. The fourth-order valence-electron chi connectivity index (χ4n) is 3.60. The molecule has 2 aliphatic rings. The topological polar surface area (TPSA) is 66.4 Å². The molecule has 27 heavy (non-hydrogen) atoms. The molecule has 7 nitrogen and oxygen atoms in total. The van der Waals surface area contributed by atoms with E-state index < -0.39 is 0 Å². The largest absolute Gasteiger partial charge is 0.496 e. The van der Waals surface area contributed by atoms with Gasteiger partial charge in [-0.3, -0.25) is 9.79 Å². The molecule has 0 aliphatic carbocycles. The predicted molar refractivity (Wildman–Crippen MR) is 105 cm³/mol. The second-order valence-corrected chi connectivity index (χ2v) is 7.02. The van der Waals surface area contributed by atoms with Crippen LogP contribution in [0.2, 0.25) is 0 Å². The van der Waals surface area contributed by atoms with E-state index >= 15 is 0 Å². The Morgan fingerprint density at radius 2 is 2.04 bits per heavy atom. The van der Waals surface area contributed by atoms with Crippen molar-refractivity contribution in [2.75, 3.05) is 46.9 Å². The number of methoxy groups -OCH3 is 1. The lowest BCUT2D eigenvalue weighted by molar-refractivity contribution is -0.142. The van der Waals surface area contributed by atoms with E-state index in [1.165, 1.54) is 0 Å². The summed E-state index contributed by atoms with van der Waals surface area (Å²) in [4.78, 5) is 21.0. The number of carbonyl (C=O) groups excluding carboxylic acids is 1. The van der Waals surface area contributed by atoms with E-state index in [9.17, 15) is 4.79 Å². The number of hydrogen-bond acceptors (Lipinski definition) is 4. The number of benzene rings is 1. The van der Waals surface area contributed by atoms with Crippen LogP contribution in [0.4, 0.5) is 0 Å². The highest BCUT2D eigenvalue weighted by Crippen LogP contribution is 2.19. The molecule has 2 aliphatic heterocycles. The highest BCUT2D eigenvalue weighted by Gasteiger charge is 2.30. The van der Waals surface area contributed by atoms with E-state index in [2.05, 4.69) is 27.3 Å². The molecule has 0 saturated carbocycles. The van der Waals surface area contributed by atoms with Gasteiger partial charge >= 0.3 is 0 Å². The number of nitrogens with one attached hydrogen (secondary N) is 1. The minimum absolute atomic E-state index is 0.141. The number of rotatable bonds is 4. The highest BCUT2D eigenvalue weighted by molar-refractivity contribution is 5.82. The second kappa shape index (κ2) is 9.08. The first-order chi connectivity index (χ1) is 13.1. The van der Waals surface area contributed by atoms with Gasteiger partial charge < -0.3 is 24.6 Å². The van der Waals surface area contributed by atoms with Crippen LogP contribution in [-0.4, -0.2) is 74.7 Å². The first-order valence-corrected chi connectivity index (χ1v) is 9.62. The lowest BCUT2D eigenvalue weighted by Crippen LogP contribution is -2.55. The third-order valence-corrected chi connectivity index (χ3v) is 5.23. The maximum Gasteiger partial charge on any atom is 0.251 e. The van der Waals surface area contributed by atoms with Gasteiger partial charge in [-0.15, -0.1) is 0 Å². The number of piperazine rings is 1. The van der Waals surface area contributed by atoms with Crippen molar-refractivity contribution >= 4 is 11.9 Å². The number of aliphatic imine (C=N–C) groups is 1. The molecule has 7 heteroatoms. The molecule has 1 amide bonds. The minimum atomic E-state index is -0.231. The summed E-state index contributed by atoms with van der Waals surface area (Å²) in [7, 11) is 3.48. The Morgan fingerprint density at radius 1 is 1.30 bits per heavy atom. The van der Waals surface area contributed by atoms with Crippen LogP contribution in [0.5, 0.6) is 5.75 Å². The molecule has 0 spiro atoms. The molecule has 1 N–H and O–H groups in total. The average molecular weight is 374 g/mol. The summed E-state index contributed by atoms with van der Waals surface area (Å²) in [6.07, 6.45) is 1.60. The highest BCUT2D eigenvalue weighted by atomic mass is 16.5. The van der Waals surface area contributed by atoms with Crippen LogP contribution in [0.15, 0.2) is 23.2 Å². The smallest absolute Gasteiger partial charge is 0.251 e.